The molecule has 0 aliphatic rings. The van der Waals surface area contributed by atoms with E-state index in [1.54, 1.807) is 0 Å². The van der Waals surface area contributed by atoms with Gasteiger partial charge in [-0.1, -0.05) is 0 Å². The molecule has 1 rings (SSSR count). The number of nitro groups is 3. The normalized spacial score (nSPS) is 10.8. The minimum Gasteiger partial charge on any atom is -0.371 e. The molecule has 0 atom stereocenters. The molecule has 0 radical (unpaired) electrons. The molecule has 24 heavy (non-hydrogen) atoms. The largest absolute Gasteiger partial charge is 0.371 e. The molecule has 0 heterocycles. The van der Waals surface area contributed by atoms with Gasteiger partial charge >= 0.3 is 17.1 Å². The van der Waals surface area contributed by atoms with Crippen molar-refractivity contribution in [3.63, 3.8) is 0 Å². The highest BCUT2D eigenvalue weighted by molar-refractivity contribution is 5.90. The summed E-state index contributed by atoms with van der Waals surface area (Å²) in [6.45, 7) is 6.12. The van der Waals surface area contributed by atoms with Crippen molar-refractivity contribution in [2.45, 2.75) is 39.8 Å². The zero-order valence-corrected chi connectivity index (χ0v) is 13.3. The summed E-state index contributed by atoms with van der Waals surface area (Å²) in [5, 5.41) is 38.6. The molecule has 1 aromatic rings. The molecule has 0 aromatic heterocycles. The number of hydrogen-bond acceptors (Lipinski definition) is 8. The maximum absolute atomic E-state index is 14.5. The second-order valence-corrected chi connectivity index (χ2v) is 5.48. The third-order valence-corrected chi connectivity index (χ3v) is 2.78. The van der Waals surface area contributed by atoms with Crippen LogP contribution in [0.1, 0.15) is 27.7 Å². The molecule has 0 aliphatic carbocycles. The van der Waals surface area contributed by atoms with E-state index >= 15 is 0 Å². The number of rotatable bonds is 7. The van der Waals surface area contributed by atoms with Gasteiger partial charge in [-0.25, -0.2) is 0 Å². The van der Waals surface area contributed by atoms with Crippen LogP contribution in [-0.2, 0) is 0 Å². The Hall–Kier alpha value is -3.05. The van der Waals surface area contributed by atoms with Crippen LogP contribution in [0.3, 0.4) is 0 Å². The lowest BCUT2D eigenvalue weighted by Gasteiger charge is -2.16. The average Bonchev–Trinajstić information content (AvgIpc) is 2.35. The predicted molar refractivity (Wildman–Crippen MR) is 83.9 cm³/mol. The van der Waals surface area contributed by atoms with E-state index in [-0.39, 0.29) is 0 Å². The fourth-order valence-electron chi connectivity index (χ4n) is 2.06. The van der Waals surface area contributed by atoms with Crippen LogP contribution >= 0.6 is 0 Å². The standard InChI is InChI=1S/C12H16FN5O6/c1-5(2)14-8-10(16(19)20)7(13)11(17(21)22)9(15-6(3)4)12(8)18(23)24/h5-6,14-15H,1-4H3. The van der Waals surface area contributed by atoms with Crippen molar-refractivity contribution in [1.29, 1.82) is 0 Å². The minimum atomic E-state index is -1.75. The predicted octanol–water partition coefficient (Wildman–Crippen LogP) is 3.19. The van der Waals surface area contributed by atoms with E-state index in [1.165, 1.54) is 27.7 Å². The summed E-state index contributed by atoms with van der Waals surface area (Å²) in [5.74, 6) is -1.75. The molecule has 0 saturated heterocycles. The lowest BCUT2D eigenvalue weighted by atomic mass is 10.1. The van der Waals surface area contributed by atoms with Crippen LogP contribution in [0.25, 0.3) is 0 Å². The van der Waals surface area contributed by atoms with Crippen molar-refractivity contribution < 1.29 is 19.2 Å². The van der Waals surface area contributed by atoms with Gasteiger partial charge in [-0.15, -0.1) is 0 Å². The monoisotopic (exact) mass is 345 g/mol. The summed E-state index contributed by atoms with van der Waals surface area (Å²) in [5.41, 5.74) is -5.05. The first-order valence-corrected chi connectivity index (χ1v) is 6.84. The molecule has 12 heteroatoms. The molecule has 0 bridgehead atoms. The van der Waals surface area contributed by atoms with E-state index in [0.717, 1.165) is 0 Å². The van der Waals surface area contributed by atoms with Crippen molar-refractivity contribution in [3.05, 3.63) is 36.2 Å². The van der Waals surface area contributed by atoms with Crippen LogP contribution in [0.4, 0.5) is 32.8 Å². The summed E-state index contributed by atoms with van der Waals surface area (Å²) in [7, 11) is 0. The molecular formula is C12H16FN5O6. The number of nitrogens with one attached hydrogen (secondary N) is 2. The molecule has 0 saturated carbocycles. The first kappa shape index (κ1) is 19.0. The molecule has 132 valence electrons. The molecule has 0 fully saturated rings. The summed E-state index contributed by atoms with van der Waals surface area (Å²) >= 11 is 0. The Balaban J connectivity index is 4.05. The van der Waals surface area contributed by atoms with Crippen molar-refractivity contribution in [1.82, 2.24) is 0 Å². The van der Waals surface area contributed by atoms with Crippen LogP contribution in [-0.4, -0.2) is 26.9 Å². The highest BCUT2D eigenvalue weighted by Crippen LogP contribution is 2.49. The van der Waals surface area contributed by atoms with Gasteiger partial charge in [-0.3, -0.25) is 30.3 Å². The Kier molecular flexibility index (Phi) is 5.56. The smallest absolute Gasteiger partial charge is 0.342 e. The van der Waals surface area contributed by atoms with Gasteiger partial charge in [0.1, 0.15) is 0 Å². The van der Waals surface area contributed by atoms with Gasteiger partial charge < -0.3 is 10.6 Å². The summed E-state index contributed by atoms with van der Waals surface area (Å²) in [6.07, 6.45) is 0. The molecule has 0 amide bonds. The van der Waals surface area contributed by atoms with Crippen molar-refractivity contribution in [2.75, 3.05) is 10.6 Å². The Morgan fingerprint density at radius 3 is 1.25 bits per heavy atom. The van der Waals surface area contributed by atoms with Crippen LogP contribution in [0, 0.1) is 36.2 Å². The van der Waals surface area contributed by atoms with E-state index in [1.807, 2.05) is 0 Å². The summed E-state index contributed by atoms with van der Waals surface area (Å²) in [6, 6.07) is -1.04. The summed E-state index contributed by atoms with van der Waals surface area (Å²) < 4.78 is 14.5. The number of halogens is 1. The van der Waals surface area contributed by atoms with Crippen LogP contribution in [0.5, 0.6) is 0 Å². The third kappa shape index (κ3) is 3.64. The highest BCUT2D eigenvalue weighted by atomic mass is 19.1. The third-order valence-electron chi connectivity index (χ3n) is 2.78. The number of benzene rings is 1. The Morgan fingerprint density at radius 1 is 0.750 bits per heavy atom. The molecular weight excluding hydrogens is 329 g/mol. The molecule has 1 aromatic carbocycles. The topological polar surface area (TPSA) is 153 Å². The average molecular weight is 345 g/mol. The van der Waals surface area contributed by atoms with E-state index < -0.39 is 61.1 Å². The SMILES string of the molecule is CC(C)Nc1c([N+](=O)[O-])c(F)c([N+](=O)[O-])c(NC(C)C)c1[N+](=O)[O-]. The fourth-order valence-corrected chi connectivity index (χ4v) is 2.06. The van der Waals surface area contributed by atoms with E-state index in [9.17, 15) is 34.7 Å². The van der Waals surface area contributed by atoms with Crippen molar-refractivity contribution >= 4 is 28.4 Å². The second-order valence-electron chi connectivity index (χ2n) is 5.48. The van der Waals surface area contributed by atoms with Crippen LogP contribution < -0.4 is 10.6 Å². The van der Waals surface area contributed by atoms with Crippen molar-refractivity contribution in [3.8, 4) is 0 Å². The van der Waals surface area contributed by atoms with Gasteiger partial charge in [0, 0.05) is 12.1 Å². The Labute approximate surface area is 135 Å². The fraction of sp³-hybridized carbons (Fsp3) is 0.500. The lowest BCUT2D eigenvalue weighted by molar-refractivity contribution is -0.404. The van der Waals surface area contributed by atoms with E-state index in [2.05, 4.69) is 10.6 Å². The summed E-state index contributed by atoms with van der Waals surface area (Å²) in [4.78, 5) is 30.3. The quantitative estimate of drug-likeness (QED) is 0.564. The van der Waals surface area contributed by atoms with E-state index in [0.29, 0.717) is 0 Å². The number of hydrogen-bond donors (Lipinski definition) is 2. The van der Waals surface area contributed by atoms with Crippen LogP contribution in [0.15, 0.2) is 0 Å². The Morgan fingerprint density at radius 2 is 1.04 bits per heavy atom. The number of nitrogens with zero attached hydrogens (tertiary/aromatic N) is 3. The first-order chi connectivity index (χ1) is 11.0. The van der Waals surface area contributed by atoms with Gasteiger partial charge in [0.15, 0.2) is 11.4 Å². The van der Waals surface area contributed by atoms with Gasteiger partial charge in [-0.05, 0) is 27.7 Å². The Bertz CT molecular complexity index is 657. The van der Waals surface area contributed by atoms with Gasteiger partial charge in [0.05, 0.1) is 14.8 Å². The molecule has 0 spiro atoms. The number of anilines is 2. The van der Waals surface area contributed by atoms with E-state index in [4.69, 9.17) is 0 Å². The lowest BCUT2D eigenvalue weighted by Crippen LogP contribution is -2.19. The van der Waals surface area contributed by atoms with Crippen molar-refractivity contribution in [2.24, 2.45) is 0 Å². The first-order valence-electron chi connectivity index (χ1n) is 6.84. The number of nitro benzene ring substituents is 3. The van der Waals surface area contributed by atoms with Crippen LogP contribution in [0.2, 0.25) is 0 Å². The zero-order chi connectivity index (χ0) is 18.8. The highest BCUT2D eigenvalue weighted by Gasteiger charge is 2.43. The second kappa shape index (κ2) is 7.02. The van der Waals surface area contributed by atoms with Gasteiger partial charge in [0.25, 0.3) is 5.82 Å². The molecule has 11 nitrogen and oxygen atoms in total. The van der Waals surface area contributed by atoms with Gasteiger partial charge in [0.2, 0.25) is 0 Å². The zero-order valence-electron chi connectivity index (χ0n) is 13.3. The minimum absolute atomic E-state index is 0.518. The molecule has 0 unspecified atom stereocenters. The van der Waals surface area contributed by atoms with Gasteiger partial charge in [-0.2, -0.15) is 4.39 Å². The maximum atomic E-state index is 14.5. The molecule has 2 N–H and O–H groups in total. The maximum Gasteiger partial charge on any atom is 0.342 e. The molecule has 0 aliphatic heterocycles.